The molecule has 0 spiro atoms. The van der Waals surface area contributed by atoms with Crippen LogP contribution in [-0.4, -0.2) is 56.7 Å². The number of piperazine rings is 1. The average molecular weight is 445 g/mol. The number of rotatable bonds is 6. The van der Waals surface area contributed by atoms with E-state index < -0.39 is 0 Å². The van der Waals surface area contributed by atoms with Gasteiger partial charge in [-0.2, -0.15) is 5.10 Å². The summed E-state index contributed by atoms with van der Waals surface area (Å²) >= 11 is 8.06. The molecule has 30 heavy (non-hydrogen) atoms. The summed E-state index contributed by atoms with van der Waals surface area (Å²) in [6.45, 7) is 7.69. The van der Waals surface area contributed by atoms with Gasteiger partial charge in [0.15, 0.2) is 5.13 Å². The summed E-state index contributed by atoms with van der Waals surface area (Å²) in [5, 5.41) is 6.05. The van der Waals surface area contributed by atoms with Crippen LogP contribution in [0.3, 0.4) is 0 Å². The van der Waals surface area contributed by atoms with Crippen LogP contribution in [0.5, 0.6) is 0 Å². The van der Waals surface area contributed by atoms with E-state index in [0.717, 1.165) is 59.2 Å². The first-order valence-corrected chi connectivity index (χ1v) is 11.4. The van der Waals surface area contributed by atoms with Crippen LogP contribution in [0.1, 0.15) is 31.0 Å². The smallest absolute Gasteiger partial charge is 0.246 e. The van der Waals surface area contributed by atoms with Crippen molar-refractivity contribution < 1.29 is 4.79 Å². The number of fused-ring (bicyclic) bond motifs is 1. The van der Waals surface area contributed by atoms with E-state index in [4.69, 9.17) is 11.6 Å². The predicted octanol–water partition coefficient (Wildman–Crippen LogP) is 4.01. The van der Waals surface area contributed by atoms with Gasteiger partial charge in [0.1, 0.15) is 15.5 Å². The van der Waals surface area contributed by atoms with Crippen molar-refractivity contribution in [1.29, 1.82) is 0 Å². The zero-order chi connectivity index (χ0) is 21.1. The Hall–Kier alpha value is -2.45. The molecular weight excluding hydrogens is 420 g/mol. The molecule has 4 rings (SSSR count). The van der Waals surface area contributed by atoms with Crippen LogP contribution in [0.15, 0.2) is 24.4 Å². The number of aryl methyl sites for hydroxylation is 2. The van der Waals surface area contributed by atoms with E-state index in [2.05, 4.69) is 26.9 Å². The van der Waals surface area contributed by atoms with Gasteiger partial charge in [-0.15, -0.1) is 0 Å². The number of carbonyl (C=O) groups excluding carboxylic acids is 1. The van der Waals surface area contributed by atoms with Gasteiger partial charge in [-0.3, -0.25) is 9.48 Å². The van der Waals surface area contributed by atoms with Crippen LogP contribution in [-0.2, 0) is 11.3 Å². The first-order valence-electron chi connectivity index (χ1n) is 10.2. The molecule has 9 heteroatoms. The minimum atomic E-state index is -0.00242. The second-order valence-corrected chi connectivity index (χ2v) is 8.65. The first kappa shape index (κ1) is 20.8. The van der Waals surface area contributed by atoms with Gasteiger partial charge in [-0.05, 0) is 31.6 Å². The molecule has 158 valence electrons. The fraction of sp³-hybridized carbons (Fsp3) is 0.429. The van der Waals surface area contributed by atoms with Crippen molar-refractivity contribution in [3.63, 3.8) is 0 Å². The lowest BCUT2D eigenvalue weighted by Gasteiger charge is -2.34. The lowest BCUT2D eigenvalue weighted by atomic mass is 10.2. The summed E-state index contributed by atoms with van der Waals surface area (Å²) in [5.74, 6) is -0.00242. The van der Waals surface area contributed by atoms with Crippen molar-refractivity contribution in [2.45, 2.75) is 33.2 Å². The molecular formula is C21H25ClN6OS. The van der Waals surface area contributed by atoms with Crippen LogP contribution >= 0.6 is 22.9 Å². The van der Waals surface area contributed by atoms with Crippen LogP contribution < -0.4 is 4.90 Å². The molecule has 4 heterocycles. The largest absolute Gasteiger partial charge is 0.344 e. The first-order chi connectivity index (χ1) is 14.6. The van der Waals surface area contributed by atoms with E-state index in [1.54, 1.807) is 29.7 Å². The number of amides is 1. The van der Waals surface area contributed by atoms with Gasteiger partial charge in [0.2, 0.25) is 5.91 Å². The lowest BCUT2D eigenvalue weighted by molar-refractivity contribution is -0.126. The Kier molecular flexibility index (Phi) is 6.34. The number of carbonyl (C=O) groups is 1. The molecule has 1 aliphatic heterocycles. The Morgan fingerprint density at radius 2 is 2.10 bits per heavy atom. The highest BCUT2D eigenvalue weighted by molar-refractivity contribution is 7.21. The normalized spacial score (nSPS) is 14.9. The second-order valence-electron chi connectivity index (χ2n) is 7.34. The molecule has 7 nitrogen and oxygen atoms in total. The van der Waals surface area contributed by atoms with E-state index in [1.807, 2.05) is 28.6 Å². The van der Waals surface area contributed by atoms with Crippen LogP contribution in [0, 0.1) is 6.92 Å². The maximum absolute atomic E-state index is 12.7. The molecule has 0 saturated carbocycles. The molecule has 0 radical (unpaired) electrons. The second kappa shape index (κ2) is 9.14. The minimum Gasteiger partial charge on any atom is -0.344 e. The third kappa shape index (κ3) is 4.34. The Bertz CT molecular complexity index is 1030. The van der Waals surface area contributed by atoms with E-state index in [9.17, 15) is 4.79 Å². The number of aromatic nitrogens is 4. The number of thiazole rings is 1. The quantitative estimate of drug-likeness (QED) is 0.537. The van der Waals surface area contributed by atoms with Crippen molar-refractivity contribution in [3.05, 3.63) is 40.8 Å². The number of hydrogen-bond donors (Lipinski definition) is 0. The molecule has 3 aromatic heterocycles. The van der Waals surface area contributed by atoms with Crippen molar-refractivity contribution in [3.8, 4) is 0 Å². The molecule has 0 N–H and O–H groups in total. The summed E-state index contributed by atoms with van der Waals surface area (Å²) in [5.41, 5.74) is 2.59. The molecule has 1 aliphatic rings. The molecule has 1 saturated heterocycles. The van der Waals surface area contributed by atoms with Gasteiger partial charge in [-0.25, -0.2) is 9.97 Å². The Morgan fingerprint density at radius 1 is 1.30 bits per heavy atom. The van der Waals surface area contributed by atoms with Crippen molar-refractivity contribution in [2.75, 3.05) is 31.1 Å². The molecule has 0 aromatic carbocycles. The third-order valence-corrected chi connectivity index (χ3v) is 6.68. The van der Waals surface area contributed by atoms with Gasteiger partial charge in [0.05, 0.1) is 5.69 Å². The topological polar surface area (TPSA) is 67.2 Å². The fourth-order valence-electron chi connectivity index (χ4n) is 3.48. The lowest BCUT2D eigenvalue weighted by Crippen LogP contribution is -2.48. The Morgan fingerprint density at radius 3 is 2.83 bits per heavy atom. The molecule has 0 atom stereocenters. The van der Waals surface area contributed by atoms with E-state index >= 15 is 0 Å². The number of halogens is 1. The van der Waals surface area contributed by atoms with Crippen LogP contribution in [0.4, 0.5) is 5.13 Å². The molecule has 1 fully saturated rings. The van der Waals surface area contributed by atoms with Gasteiger partial charge >= 0.3 is 0 Å². The van der Waals surface area contributed by atoms with Crippen molar-refractivity contribution in [1.82, 2.24) is 24.6 Å². The minimum absolute atomic E-state index is 0.00242. The van der Waals surface area contributed by atoms with Crippen molar-refractivity contribution in [2.24, 2.45) is 0 Å². The molecule has 3 aromatic rings. The van der Waals surface area contributed by atoms with Gasteiger partial charge < -0.3 is 9.80 Å². The van der Waals surface area contributed by atoms with Gasteiger partial charge in [-0.1, -0.05) is 36.3 Å². The van der Waals surface area contributed by atoms with E-state index in [1.165, 1.54) is 0 Å². The highest BCUT2D eigenvalue weighted by atomic mass is 35.5. The standard InChI is InChI=1S/C21H25ClN6OS/c1-3-4-10-28-19(22)16(15(2)25-28)7-8-18(29)26-11-13-27(14-12-26)21-24-17-6-5-9-23-20(17)30-21/h5-9H,3-4,10-14H2,1-2H3/b8-7+. The van der Waals surface area contributed by atoms with Gasteiger partial charge in [0.25, 0.3) is 0 Å². The molecule has 0 aliphatic carbocycles. The van der Waals surface area contributed by atoms with Crippen LogP contribution in [0.2, 0.25) is 5.15 Å². The highest BCUT2D eigenvalue weighted by Gasteiger charge is 2.22. The Labute approximate surface area is 185 Å². The molecule has 1 amide bonds. The van der Waals surface area contributed by atoms with Crippen molar-refractivity contribution >= 4 is 50.4 Å². The maximum atomic E-state index is 12.7. The van der Waals surface area contributed by atoms with E-state index in [-0.39, 0.29) is 5.91 Å². The summed E-state index contributed by atoms with van der Waals surface area (Å²) < 4.78 is 1.82. The number of anilines is 1. The highest BCUT2D eigenvalue weighted by Crippen LogP contribution is 2.28. The fourth-order valence-corrected chi connectivity index (χ4v) is 4.77. The van der Waals surface area contributed by atoms with Gasteiger partial charge in [0, 0.05) is 50.6 Å². The molecule has 0 unspecified atom stereocenters. The predicted molar refractivity (Wildman–Crippen MR) is 122 cm³/mol. The van der Waals surface area contributed by atoms with Crippen LogP contribution in [0.25, 0.3) is 16.4 Å². The summed E-state index contributed by atoms with van der Waals surface area (Å²) in [6.07, 6.45) is 7.30. The third-order valence-electron chi connectivity index (χ3n) is 5.24. The average Bonchev–Trinajstić information content (AvgIpc) is 3.31. The maximum Gasteiger partial charge on any atom is 0.246 e. The molecule has 0 bridgehead atoms. The summed E-state index contributed by atoms with van der Waals surface area (Å²) in [4.78, 5) is 26.7. The zero-order valence-corrected chi connectivity index (χ0v) is 18.8. The number of hydrogen-bond acceptors (Lipinski definition) is 6. The summed E-state index contributed by atoms with van der Waals surface area (Å²) in [7, 11) is 0. The van der Waals surface area contributed by atoms with E-state index in [0.29, 0.717) is 18.2 Å². The Balaban J connectivity index is 1.37. The monoisotopic (exact) mass is 444 g/mol. The summed E-state index contributed by atoms with van der Waals surface area (Å²) in [6, 6.07) is 3.88. The number of nitrogens with zero attached hydrogens (tertiary/aromatic N) is 6. The number of unbranched alkanes of at least 4 members (excludes halogenated alkanes) is 1. The SMILES string of the molecule is CCCCn1nc(C)c(/C=C/C(=O)N2CCN(c3nc4cccnc4s3)CC2)c1Cl. The zero-order valence-electron chi connectivity index (χ0n) is 17.2. The number of pyridine rings is 1.